The molecule has 0 radical (unpaired) electrons. The van der Waals surface area contributed by atoms with E-state index in [9.17, 15) is 9.59 Å². The molecule has 0 spiro atoms. The first-order chi connectivity index (χ1) is 8.58. The van der Waals surface area contributed by atoms with Crippen LogP contribution in [0.5, 0.6) is 0 Å². The van der Waals surface area contributed by atoms with Gasteiger partial charge in [0.25, 0.3) is 0 Å². The fourth-order valence-electron chi connectivity index (χ4n) is 2.35. The van der Waals surface area contributed by atoms with Crippen molar-refractivity contribution in [3.8, 4) is 0 Å². The van der Waals surface area contributed by atoms with Crippen LogP contribution in [0.4, 0.5) is 0 Å². The Bertz CT molecular complexity index is 281. The number of carboxylic acids is 1. The van der Waals surface area contributed by atoms with Gasteiger partial charge in [-0.25, -0.2) is 0 Å². The predicted octanol–water partition coefficient (Wildman–Crippen LogP) is 1.09. The van der Waals surface area contributed by atoms with E-state index in [1.54, 1.807) is 0 Å². The highest BCUT2D eigenvalue weighted by atomic mass is 16.4. The van der Waals surface area contributed by atoms with Gasteiger partial charge in [0.2, 0.25) is 5.91 Å². The van der Waals surface area contributed by atoms with Crippen LogP contribution in [-0.4, -0.2) is 48.6 Å². The van der Waals surface area contributed by atoms with Gasteiger partial charge in [-0.05, 0) is 45.2 Å². The lowest BCUT2D eigenvalue weighted by Crippen LogP contribution is -2.39. The molecule has 0 aromatic carbocycles. The quantitative estimate of drug-likeness (QED) is 0.669. The fourth-order valence-corrected chi connectivity index (χ4v) is 2.35. The molecule has 5 heteroatoms. The van der Waals surface area contributed by atoms with Crippen molar-refractivity contribution in [2.75, 3.05) is 26.7 Å². The molecule has 1 aliphatic heterocycles. The Kier molecular flexibility index (Phi) is 6.72. The maximum absolute atomic E-state index is 11.5. The monoisotopic (exact) mass is 256 g/mol. The third kappa shape index (κ3) is 6.59. The number of hydrogen-bond donors (Lipinski definition) is 2. The maximum Gasteiger partial charge on any atom is 0.303 e. The number of carboxylic acid groups (broad SMARTS) is 1. The number of nitrogens with one attached hydrogen (secondary N) is 1. The molecule has 5 nitrogen and oxygen atoms in total. The summed E-state index contributed by atoms with van der Waals surface area (Å²) in [4.78, 5) is 24.1. The zero-order chi connectivity index (χ0) is 13.4. The Morgan fingerprint density at radius 1 is 1.33 bits per heavy atom. The summed E-state index contributed by atoms with van der Waals surface area (Å²) in [6, 6.07) is 0. The molecule has 0 aromatic rings. The normalized spacial score (nSPS) is 20.6. The van der Waals surface area contributed by atoms with Crippen molar-refractivity contribution in [3.63, 3.8) is 0 Å². The van der Waals surface area contributed by atoms with E-state index in [0.29, 0.717) is 25.2 Å². The minimum absolute atomic E-state index is 0.0496. The van der Waals surface area contributed by atoms with Crippen LogP contribution in [0.15, 0.2) is 0 Å². The summed E-state index contributed by atoms with van der Waals surface area (Å²) in [5.41, 5.74) is 0. The second-order valence-electron chi connectivity index (χ2n) is 5.18. The molecule has 0 aliphatic carbocycles. The molecule has 1 rings (SSSR count). The number of aliphatic carboxylic acids is 1. The van der Waals surface area contributed by atoms with E-state index in [1.807, 2.05) is 0 Å². The molecular weight excluding hydrogens is 232 g/mol. The minimum atomic E-state index is -0.791. The summed E-state index contributed by atoms with van der Waals surface area (Å²) in [5, 5.41) is 11.4. The lowest BCUT2D eigenvalue weighted by molar-refractivity contribution is -0.137. The van der Waals surface area contributed by atoms with E-state index in [0.717, 1.165) is 19.6 Å². The topological polar surface area (TPSA) is 69.6 Å². The first-order valence-electron chi connectivity index (χ1n) is 6.75. The SMILES string of the molecule is CN1CCCC(CNC(=O)CCCCC(=O)O)C1. The van der Waals surface area contributed by atoms with E-state index in [2.05, 4.69) is 17.3 Å². The largest absolute Gasteiger partial charge is 0.481 e. The second-order valence-corrected chi connectivity index (χ2v) is 5.18. The van der Waals surface area contributed by atoms with Crippen LogP contribution in [0.1, 0.15) is 38.5 Å². The molecule has 1 aliphatic rings. The van der Waals surface area contributed by atoms with Gasteiger partial charge in [-0.3, -0.25) is 9.59 Å². The Morgan fingerprint density at radius 3 is 2.72 bits per heavy atom. The van der Waals surface area contributed by atoms with Gasteiger partial charge >= 0.3 is 5.97 Å². The number of likely N-dealkylation sites (tertiary alicyclic amines) is 1. The average molecular weight is 256 g/mol. The van der Waals surface area contributed by atoms with E-state index in [4.69, 9.17) is 5.11 Å². The van der Waals surface area contributed by atoms with Crippen LogP contribution in [0.25, 0.3) is 0 Å². The van der Waals surface area contributed by atoms with Crippen LogP contribution in [0, 0.1) is 5.92 Å². The summed E-state index contributed by atoms with van der Waals surface area (Å²) in [7, 11) is 2.11. The van der Waals surface area contributed by atoms with Gasteiger partial charge in [0, 0.05) is 25.9 Å². The zero-order valence-corrected chi connectivity index (χ0v) is 11.2. The number of unbranched alkanes of at least 4 members (excludes halogenated alkanes) is 1. The first-order valence-corrected chi connectivity index (χ1v) is 6.75. The Morgan fingerprint density at radius 2 is 2.06 bits per heavy atom. The lowest BCUT2D eigenvalue weighted by atomic mass is 9.98. The molecule has 1 unspecified atom stereocenters. The molecule has 1 saturated heterocycles. The van der Waals surface area contributed by atoms with Crippen LogP contribution >= 0.6 is 0 Å². The lowest BCUT2D eigenvalue weighted by Gasteiger charge is -2.29. The highest BCUT2D eigenvalue weighted by Gasteiger charge is 2.17. The van der Waals surface area contributed by atoms with Gasteiger partial charge in [-0.1, -0.05) is 0 Å². The van der Waals surface area contributed by atoms with Gasteiger partial charge in [-0.2, -0.15) is 0 Å². The smallest absolute Gasteiger partial charge is 0.303 e. The van der Waals surface area contributed by atoms with Crippen molar-refractivity contribution in [2.24, 2.45) is 5.92 Å². The van der Waals surface area contributed by atoms with Crippen LogP contribution in [0.3, 0.4) is 0 Å². The number of piperidine rings is 1. The molecule has 2 N–H and O–H groups in total. The Hall–Kier alpha value is -1.10. The van der Waals surface area contributed by atoms with Gasteiger partial charge in [0.1, 0.15) is 0 Å². The van der Waals surface area contributed by atoms with Crippen LogP contribution in [0.2, 0.25) is 0 Å². The summed E-state index contributed by atoms with van der Waals surface area (Å²) < 4.78 is 0. The second kappa shape index (κ2) is 8.08. The molecule has 1 fully saturated rings. The Labute approximate surface area is 109 Å². The van der Waals surface area contributed by atoms with Crippen LogP contribution in [-0.2, 0) is 9.59 Å². The van der Waals surface area contributed by atoms with Crippen molar-refractivity contribution in [2.45, 2.75) is 38.5 Å². The molecule has 104 valence electrons. The van der Waals surface area contributed by atoms with Crippen molar-refractivity contribution in [3.05, 3.63) is 0 Å². The first kappa shape index (κ1) is 15.0. The highest BCUT2D eigenvalue weighted by Crippen LogP contribution is 2.13. The van der Waals surface area contributed by atoms with Crippen molar-refractivity contribution in [1.82, 2.24) is 10.2 Å². The van der Waals surface area contributed by atoms with E-state index >= 15 is 0 Å². The molecule has 0 saturated carbocycles. The maximum atomic E-state index is 11.5. The molecule has 1 atom stereocenters. The molecule has 0 bridgehead atoms. The van der Waals surface area contributed by atoms with Crippen molar-refractivity contribution in [1.29, 1.82) is 0 Å². The zero-order valence-electron chi connectivity index (χ0n) is 11.2. The summed E-state index contributed by atoms with van der Waals surface area (Å²) in [6.45, 7) is 2.96. The third-order valence-electron chi connectivity index (χ3n) is 3.35. The Balaban J connectivity index is 2.04. The van der Waals surface area contributed by atoms with Gasteiger partial charge < -0.3 is 15.3 Å². The number of nitrogens with zero attached hydrogens (tertiary/aromatic N) is 1. The van der Waals surface area contributed by atoms with Crippen molar-refractivity contribution >= 4 is 11.9 Å². The van der Waals surface area contributed by atoms with Gasteiger partial charge in [0.05, 0.1) is 0 Å². The van der Waals surface area contributed by atoms with Crippen molar-refractivity contribution < 1.29 is 14.7 Å². The number of amides is 1. The summed E-state index contributed by atoms with van der Waals surface area (Å²) in [5.74, 6) is -0.180. The van der Waals surface area contributed by atoms with Gasteiger partial charge in [-0.15, -0.1) is 0 Å². The highest BCUT2D eigenvalue weighted by molar-refractivity contribution is 5.75. The third-order valence-corrected chi connectivity index (χ3v) is 3.35. The van der Waals surface area contributed by atoms with Crippen LogP contribution < -0.4 is 5.32 Å². The molecule has 1 heterocycles. The summed E-state index contributed by atoms with van der Waals surface area (Å²) in [6.07, 6.45) is 4.22. The fraction of sp³-hybridized carbons (Fsp3) is 0.846. The van der Waals surface area contributed by atoms with E-state index < -0.39 is 5.97 Å². The molecule has 0 aromatic heterocycles. The predicted molar refractivity (Wildman–Crippen MR) is 69.3 cm³/mol. The summed E-state index contributed by atoms with van der Waals surface area (Å²) >= 11 is 0. The average Bonchev–Trinajstić information content (AvgIpc) is 2.32. The van der Waals surface area contributed by atoms with E-state index in [1.165, 1.54) is 12.8 Å². The number of carbonyl (C=O) groups is 2. The number of carbonyl (C=O) groups excluding carboxylic acids is 1. The molecule has 18 heavy (non-hydrogen) atoms. The number of rotatable bonds is 7. The van der Waals surface area contributed by atoms with E-state index in [-0.39, 0.29) is 12.3 Å². The van der Waals surface area contributed by atoms with Gasteiger partial charge in [0.15, 0.2) is 0 Å². The number of hydrogen-bond acceptors (Lipinski definition) is 3. The standard InChI is InChI=1S/C13H24N2O3/c1-15-8-4-5-11(10-15)9-14-12(16)6-2-3-7-13(17)18/h11H,2-10H2,1H3,(H,14,16)(H,17,18). The minimum Gasteiger partial charge on any atom is -0.481 e. The molecule has 1 amide bonds. The molecular formula is C13H24N2O3.